The predicted molar refractivity (Wildman–Crippen MR) is 128 cm³/mol. The summed E-state index contributed by atoms with van der Waals surface area (Å²) in [5, 5.41) is 4.42. The SMILES string of the molecule is CC(C)NC(=O)COC(=O)c1c2c(nc3ccccc13)/C(=C/c1ccc(Cl)c(Cl)c1)CC2. The van der Waals surface area contributed by atoms with Crippen molar-refractivity contribution in [2.75, 3.05) is 6.61 Å². The molecule has 7 heteroatoms. The van der Waals surface area contributed by atoms with Crippen molar-refractivity contribution in [1.29, 1.82) is 0 Å². The van der Waals surface area contributed by atoms with E-state index in [1.807, 2.05) is 50.3 Å². The van der Waals surface area contributed by atoms with Crippen LogP contribution in [0.4, 0.5) is 0 Å². The van der Waals surface area contributed by atoms with Crippen molar-refractivity contribution >= 4 is 57.6 Å². The van der Waals surface area contributed by atoms with Gasteiger partial charge in [-0.1, -0.05) is 47.5 Å². The number of aromatic nitrogens is 1. The van der Waals surface area contributed by atoms with Crippen LogP contribution in [0.15, 0.2) is 42.5 Å². The van der Waals surface area contributed by atoms with Gasteiger partial charge in [0.15, 0.2) is 6.61 Å². The molecular weight excluding hydrogens is 447 g/mol. The average molecular weight is 469 g/mol. The van der Waals surface area contributed by atoms with Gasteiger partial charge >= 0.3 is 5.97 Å². The van der Waals surface area contributed by atoms with Crippen LogP contribution in [0, 0.1) is 0 Å². The lowest BCUT2D eigenvalue weighted by atomic mass is 10.0. The minimum atomic E-state index is -0.519. The zero-order valence-corrected chi connectivity index (χ0v) is 19.3. The van der Waals surface area contributed by atoms with E-state index in [0.717, 1.165) is 34.2 Å². The Balaban J connectivity index is 1.73. The molecular formula is C25H22Cl2N2O3. The van der Waals surface area contributed by atoms with E-state index < -0.39 is 5.97 Å². The molecule has 164 valence electrons. The van der Waals surface area contributed by atoms with Crippen LogP contribution in [0.2, 0.25) is 10.0 Å². The number of benzene rings is 2. The van der Waals surface area contributed by atoms with Crippen molar-refractivity contribution in [3.05, 3.63) is 74.9 Å². The van der Waals surface area contributed by atoms with Crippen molar-refractivity contribution in [3.63, 3.8) is 0 Å². The Morgan fingerprint density at radius 2 is 1.91 bits per heavy atom. The van der Waals surface area contributed by atoms with E-state index in [9.17, 15) is 9.59 Å². The zero-order valence-electron chi connectivity index (χ0n) is 17.7. The maximum absolute atomic E-state index is 13.1. The van der Waals surface area contributed by atoms with Crippen molar-refractivity contribution < 1.29 is 14.3 Å². The largest absolute Gasteiger partial charge is 0.452 e. The highest BCUT2D eigenvalue weighted by atomic mass is 35.5. The summed E-state index contributed by atoms with van der Waals surface area (Å²) in [6.07, 6.45) is 3.40. The van der Waals surface area contributed by atoms with Crippen LogP contribution in [0.5, 0.6) is 0 Å². The first-order valence-electron chi connectivity index (χ1n) is 10.4. The second-order valence-corrected chi connectivity index (χ2v) is 8.79. The molecule has 1 aliphatic carbocycles. The van der Waals surface area contributed by atoms with Crippen LogP contribution in [-0.4, -0.2) is 29.5 Å². The number of allylic oxidation sites excluding steroid dienone is 1. The Kier molecular flexibility index (Phi) is 6.49. The van der Waals surface area contributed by atoms with Crippen molar-refractivity contribution in [1.82, 2.24) is 10.3 Å². The molecule has 0 bridgehead atoms. The van der Waals surface area contributed by atoms with E-state index >= 15 is 0 Å². The molecule has 1 aromatic heterocycles. The smallest absolute Gasteiger partial charge is 0.339 e. The molecule has 4 rings (SSSR count). The Morgan fingerprint density at radius 1 is 1.12 bits per heavy atom. The molecule has 1 amide bonds. The van der Waals surface area contributed by atoms with Crippen molar-refractivity contribution in [3.8, 4) is 0 Å². The molecule has 0 aliphatic heterocycles. The van der Waals surface area contributed by atoms with Gasteiger partial charge in [0.1, 0.15) is 0 Å². The van der Waals surface area contributed by atoms with Crippen LogP contribution in [0.3, 0.4) is 0 Å². The summed E-state index contributed by atoms with van der Waals surface area (Å²) >= 11 is 12.2. The summed E-state index contributed by atoms with van der Waals surface area (Å²) in [6.45, 7) is 3.38. The highest BCUT2D eigenvalue weighted by molar-refractivity contribution is 6.42. The van der Waals surface area contributed by atoms with Gasteiger partial charge in [0.25, 0.3) is 5.91 Å². The number of pyridine rings is 1. The number of esters is 1. The molecule has 32 heavy (non-hydrogen) atoms. The molecule has 0 atom stereocenters. The van der Waals surface area contributed by atoms with Gasteiger partial charge in [-0.2, -0.15) is 0 Å². The number of nitrogens with one attached hydrogen (secondary N) is 1. The summed E-state index contributed by atoms with van der Waals surface area (Å²) in [5.74, 6) is -0.849. The van der Waals surface area contributed by atoms with Crippen LogP contribution in [0.25, 0.3) is 22.6 Å². The number of ether oxygens (including phenoxy) is 1. The summed E-state index contributed by atoms with van der Waals surface area (Å²) < 4.78 is 5.38. The number of halogens is 2. The van der Waals surface area contributed by atoms with Gasteiger partial charge < -0.3 is 10.1 Å². The number of fused-ring (bicyclic) bond motifs is 2. The van der Waals surface area contributed by atoms with Crippen molar-refractivity contribution in [2.24, 2.45) is 0 Å². The van der Waals surface area contributed by atoms with Crippen LogP contribution in [-0.2, 0) is 16.0 Å². The fourth-order valence-corrected chi connectivity index (χ4v) is 4.19. The van der Waals surface area contributed by atoms with Crippen LogP contribution in [0.1, 0.15) is 47.4 Å². The van der Waals surface area contributed by atoms with Gasteiger partial charge in [-0.25, -0.2) is 9.78 Å². The van der Waals surface area contributed by atoms with Gasteiger partial charge in [-0.3, -0.25) is 4.79 Å². The summed E-state index contributed by atoms with van der Waals surface area (Å²) in [4.78, 5) is 29.9. The molecule has 0 radical (unpaired) electrons. The number of carbonyl (C=O) groups excluding carboxylic acids is 2. The highest BCUT2D eigenvalue weighted by Gasteiger charge is 2.28. The fourth-order valence-electron chi connectivity index (χ4n) is 3.88. The van der Waals surface area contributed by atoms with Gasteiger partial charge in [0.05, 0.1) is 26.8 Å². The first-order chi connectivity index (χ1) is 15.3. The van der Waals surface area contributed by atoms with E-state index in [0.29, 0.717) is 27.5 Å². The normalized spacial score (nSPS) is 14.1. The predicted octanol–water partition coefficient (Wildman–Crippen LogP) is 5.71. The minimum absolute atomic E-state index is 0.0266. The highest BCUT2D eigenvalue weighted by Crippen LogP contribution is 2.38. The molecule has 0 saturated carbocycles. The Morgan fingerprint density at radius 3 is 2.66 bits per heavy atom. The first-order valence-corrected chi connectivity index (χ1v) is 11.1. The van der Waals surface area contributed by atoms with Crippen LogP contribution < -0.4 is 5.32 Å². The second kappa shape index (κ2) is 9.31. The number of hydrogen-bond donors (Lipinski definition) is 1. The Labute approximate surface area is 196 Å². The molecule has 0 fully saturated rings. The number of carbonyl (C=O) groups is 2. The minimum Gasteiger partial charge on any atom is -0.452 e. The summed E-state index contributed by atoms with van der Waals surface area (Å²) in [7, 11) is 0. The molecule has 5 nitrogen and oxygen atoms in total. The molecule has 3 aromatic rings. The number of nitrogens with zero attached hydrogens (tertiary/aromatic N) is 1. The molecule has 0 saturated heterocycles. The number of para-hydroxylation sites is 1. The molecule has 2 aromatic carbocycles. The molecule has 1 aliphatic rings. The summed E-state index contributed by atoms with van der Waals surface area (Å²) in [5.41, 5.74) is 4.70. The third kappa shape index (κ3) is 4.64. The molecule has 0 unspecified atom stereocenters. The topological polar surface area (TPSA) is 68.3 Å². The third-order valence-electron chi connectivity index (χ3n) is 5.21. The zero-order chi connectivity index (χ0) is 22.8. The lowest BCUT2D eigenvalue weighted by molar-refractivity contribution is -0.124. The van der Waals surface area contributed by atoms with E-state index in [1.165, 1.54) is 0 Å². The number of rotatable bonds is 5. The fraction of sp³-hybridized carbons (Fsp3) is 0.240. The Bertz CT molecular complexity index is 1250. The van der Waals surface area contributed by atoms with Gasteiger partial charge in [0, 0.05) is 11.4 Å². The van der Waals surface area contributed by atoms with E-state index in [1.54, 1.807) is 12.1 Å². The monoisotopic (exact) mass is 468 g/mol. The molecule has 1 N–H and O–H groups in total. The first kappa shape index (κ1) is 22.3. The Hall–Kier alpha value is -2.89. The quantitative estimate of drug-likeness (QED) is 0.486. The average Bonchev–Trinajstić information content (AvgIpc) is 3.14. The van der Waals surface area contributed by atoms with Gasteiger partial charge in [-0.05, 0) is 67.7 Å². The standard InChI is InChI=1S/C25H22Cl2N2O3/c1-14(2)28-22(30)13-32-25(31)23-17-5-3-4-6-21(17)29-24-16(8-9-18(23)24)11-15-7-10-19(26)20(27)12-15/h3-7,10-12,14H,8-9,13H2,1-2H3,(H,28,30)/b16-11+. The van der Waals surface area contributed by atoms with Crippen LogP contribution >= 0.6 is 23.2 Å². The van der Waals surface area contributed by atoms with Gasteiger partial charge in [0.2, 0.25) is 0 Å². The lowest BCUT2D eigenvalue weighted by Crippen LogP contribution is -2.34. The maximum Gasteiger partial charge on any atom is 0.339 e. The number of hydrogen-bond acceptors (Lipinski definition) is 4. The van der Waals surface area contributed by atoms with E-state index in [2.05, 4.69) is 5.32 Å². The molecule has 0 spiro atoms. The summed E-state index contributed by atoms with van der Waals surface area (Å²) in [6, 6.07) is 12.9. The van der Waals surface area contributed by atoms with Gasteiger partial charge in [-0.15, -0.1) is 0 Å². The third-order valence-corrected chi connectivity index (χ3v) is 5.95. The van der Waals surface area contributed by atoms with E-state index in [4.69, 9.17) is 32.9 Å². The molecule has 1 heterocycles. The lowest BCUT2D eigenvalue weighted by Gasteiger charge is -2.13. The van der Waals surface area contributed by atoms with Crippen molar-refractivity contribution in [2.45, 2.75) is 32.7 Å². The maximum atomic E-state index is 13.1. The van der Waals surface area contributed by atoms with E-state index in [-0.39, 0.29) is 18.6 Å². The second-order valence-electron chi connectivity index (χ2n) is 7.97. The number of amides is 1.